The molecule has 38 heavy (non-hydrogen) atoms. The van der Waals surface area contributed by atoms with Gasteiger partial charge in [-0.05, 0) is 58.1 Å². The number of carbonyl (C=O) groups excluding carboxylic acids is 2. The third kappa shape index (κ3) is 5.09. The van der Waals surface area contributed by atoms with Gasteiger partial charge in [-0.25, -0.2) is 0 Å². The zero-order chi connectivity index (χ0) is 28.0. The average Bonchev–Trinajstić information content (AvgIpc) is 2.85. The Balaban J connectivity index is 1.68. The number of carbonyl (C=O) groups is 2. The summed E-state index contributed by atoms with van der Waals surface area (Å²) in [7, 11) is 0. The van der Waals surface area contributed by atoms with Gasteiger partial charge >= 0.3 is 6.09 Å². The highest BCUT2D eigenvalue weighted by atomic mass is 32.2. The van der Waals surface area contributed by atoms with E-state index in [2.05, 4.69) is 23.6 Å². The number of aliphatic hydroxyl groups excluding tert-OH is 1. The molecular formula is C28H32N3O6S-. The van der Waals surface area contributed by atoms with Crippen molar-refractivity contribution in [3.05, 3.63) is 69.6 Å². The van der Waals surface area contributed by atoms with Gasteiger partial charge in [0.1, 0.15) is 22.6 Å². The van der Waals surface area contributed by atoms with Crippen molar-refractivity contribution in [3.8, 4) is 0 Å². The highest BCUT2D eigenvalue weighted by Crippen LogP contribution is 2.45. The summed E-state index contributed by atoms with van der Waals surface area (Å²) < 4.78 is 9.40. The summed E-state index contributed by atoms with van der Waals surface area (Å²) in [5.41, 5.74) is -0.283. The lowest BCUT2D eigenvalue weighted by Crippen LogP contribution is -2.46. The molecule has 9 nitrogen and oxygen atoms in total. The van der Waals surface area contributed by atoms with Gasteiger partial charge in [-0.3, -0.25) is 9.60 Å². The first kappa shape index (κ1) is 27.8. The molecule has 1 aliphatic carbocycles. The second kappa shape index (κ2) is 9.85. The van der Waals surface area contributed by atoms with E-state index >= 15 is 0 Å². The van der Waals surface area contributed by atoms with Gasteiger partial charge in [0.25, 0.3) is 0 Å². The number of amides is 1. The van der Waals surface area contributed by atoms with E-state index in [1.807, 2.05) is 25.1 Å². The van der Waals surface area contributed by atoms with E-state index in [-0.39, 0.29) is 28.6 Å². The summed E-state index contributed by atoms with van der Waals surface area (Å²) in [5, 5.41) is 39.5. The molecule has 0 fully saturated rings. The Morgan fingerprint density at radius 2 is 1.89 bits per heavy atom. The van der Waals surface area contributed by atoms with Crippen molar-refractivity contribution < 1.29 is 19.4 Å². The zero-order valence-corrected chi connectivity index (χ0v) is 23.1. The molecule has 2 aromatic carbocycles. The van der Waals surface area contributed by atoms with Gasteiger partial charge in [0.2, 0.25) is 0 Å². The van der Waals surface area contributed by atoms with Crippen molar-refractivity contribution >= 4 is 46.8 Å². The van der Waals surface area contributed by atoms with Crippen LogP contribution in [0.3, 0.4) is 0 Å². The molecule has 2 aromatic rings. The first-order chi connectivity index (χ1) is 17.6. The van der Waals surface area contributed by atoms with Crippen LogP contribution in [0.25, 0.3) is 5.76 Å². The molecule has 10 heteroatoms. The first-order valence-corrected chi connectivity index (χ1v) is 13.2. The lowest BCUT2D eigenvalue weighted by Gasteiger charge is -2.42. The number of ketones is 1. The maximum absolute atomic E-state index is 13.9. The highest BCUT2D eigenvalue weighted by molar-refractivity contribution is 7.98. The Bertz CT molecular complexity index is 1360. The van der Waals surface area contributed by atoms with Crippen LogP contribution in [0.5, 0.6) is 0 Å². The van der Waals surface area contributed by atoms with Crippen LogP contribution in [0, 0.1) is 16.3 Å². The third-order valence-electron chi connectivity index (χ3n) is 6.63. The topological polar surface area (TPSA) is 134 Å². The maximum atomic E-state index is 13.9. The zero-order valence-electron chi connectivity index (χ0n) is 22.3. The van der Waals surface area contributed by atoms with Crippen molar-refractivity contribution in [2.45, 2.75) is 70.3 Å². The molecule has 0 aromatic heterocycles. The van der Waals surface area contributed by atoms with Crippen LogP contribution in [0.1, 0.15) is 65.5 Å². The number of anilines is 1. The normalized spacial score (nSPS) is 19.5. The summed E-state index contributed by atoms with van der Waals surface area (Å²) in [5.74, 6) is 0.185. The highest BCUT2D eigenvalue weighted by Gasteiger charge is 2.45. The summed E-state index contributed by atoms with van der Waals surface area (Å²) in [6.07, 6.45) is -0.0416. The van der Waals surface area contributed by atoms with Crippen LogP contribution in [0.2, 0.25) is 0 Å². The Kier molecular flexibility index (Phi) is 7.22. The summed E-state index contributed by atoms with van der Waals surface area (Å²) >= 11 is 0.937. The minimum absolute atomic E-state index is 0.0868. The average molecular weight is 539 g/mol. The second-order valence-electron chi connectivity index (χ2n) is 11.2. The standard InChI is InChI=1S/C28H32N3O6S/c1-16(2)13-14-28(6)19-10-8-7-9-18(19)23(32)22(24(28)33)25-29-20-12-11-17(15-21(20)38-30-25)31(35,36)26(34)37-27(3,4)5/h7-12,15-16,32H,13-14H2,1-6H3,(H,29,30)/q-1. The number of fused-ring (bicyclic) bond motifs is 2. The number of Topliss-reactive ketones (excluding diaryl/α,β-unsaturated/α-hetero) is 1. The fourth-order valence-corrected chi connectivity index (χ4v) is 5.23. The van der Waals surface area contributed by atoms with Crippen molar-refractivity contribution in [1.82, 2.24) is 4.81 Å². The molecule has 1 heterocycles. The SMILES string of the molecule is CC(C)CCC1(C)C(=O)C(C2=NSc3cc([N+]([O-])([O-])C(=O)OC(C)(C)C)ccc3N2)=C(O)c2ccccc21. The molecule has 1 unspecified atom stereocenters. The van der Waals surface area contributed by atoms with E-state index in [0.29, 0.717) is 28.5 Å². The van der Waals surface area contributed by atoms with Gasteiger partial charge in [-0.1, -0.05) is 38.1 Å². The molecule has 2 aliphatic rings. The van der Waals surface area contributed by atoms with Gasteiger partial charge in [0.15, 0.2) is 11.6 Å². The van der Waals surface area contributed by atoms with Crippen molar-refractivity contribution in [3.63, 3.8) is 0 Å². The van der Waals surface area contributed by atoms with Crippen LogP contribution < -0.4 is 10.1 Å². The molecule has 2 N–H and O–H groups in total. The van der Waals surface area contributed by atoms with Crippen LogP contribution in [-0.4, -0.2) is 28.4 Å². The molecule has 0 saturated carbocycles. The monoisotopic (exact) mass is 538 g/mol. The second-order valence-corrected chi connectivity index (χ2v) is 12.0. The van der Waals surface area contributed by atoms with E-state index in [1.165, 1.54) is 18.2 Å². The number of benzene rings is 2. The van der Waals surface area contributed by atoms with Gasteiger partial charge in [-0.15, -0.1) is 0 Å². The van der Waals surface area contributed by atoms with Gasteiger partial charge in [0, 0.05) is 29.6 Å². The minimum Gasteiger partial charge on any atom is -0.616 e. The molecule has 1 aliphatic heterocycles. The molecule has 1 amide bonds. The molecule has 0 radical (unpaired) electrons. The van der Waals surface area contributed by atoms with Crippen LogP contribution in [0.15, 0.2) is 57.3 Å². The number of hydrogen-bond acceptors (Lipinski definition) is 9. The number of quaternary nitrogens is 1. The number of ether oxygens (including phenoxy) is 1. The number of nitrogens with zero attached hydrogens (tertiary/aromatic N) is 2. The van der Waals surface area contributed by atoms with Crippen molar-refractivity contribution in [2.75, 3.05) is 5.32 Å². The minimum atomic E-state index is -2.59. The fourth-order valence-electron chi connectivity index (χ4n) is 4.51. The largest absolute Gasteiger partial charge is 0.616 e. The van der Waals surface area contributed by atoms with Crippen LogP contribution in [-0.2, 0) is 14.9 Å². The molecule has 0 spiro atoms. The summed E-state index contributed by atoms with van der Waals surface area (Å²) in [6, 6.07) is 11.3. The number of hydroxylamine groups is 2. The Hall–Kier alpha value is -3.18. The van der Waals surface area contributed by atoms with Gasteiger partial charge < -0.3 is 25.6 Å². The summed E-state index contributed by atoms with van der Waals surface area (Å²) in [4.78, 5) is 24.0. The van der Waals surface area contributed by atoms with E-state index < -0.39 is 21.9 Å². The predicted octanol–water partition coefficient (Wildman–Crippen LogP) is 7.00. The number of amidine groups is 1. The molecular weight excluding hydrogens is 506 g/mol. The first-order valence-electron chi connectivity index (χ1n) is 12.4. The van der Waals surface area contributed by atoms with E-state index in [0.717, 1.165) is 23.9 Å². The lowest BCUT2D eigenvalue weighted by atomic mass is 9.66. The van der Waals surface area contributed by atoms with E-state index in [9.17, 15) is 25.1 Å². The van der Waals surface area contributed by atoms with Crippen LogP contribution >= 0.6 is 11.9 Å². The number of nitrogens with one attached hydrogen (secondary N) is 1. The summed E-state index contributed by atoms with van der Waals surface area (Å²) in [6.45, 7) is 10.8. The molecule has 4 rings (SSSR count). The van der Waals surface area contributed by atoms with Gasteiger partial charge in [0.05, 0.1) is 16.0 Å². The Morgan fingerprint density at radius 3 is 2.55 bits per heavy atom. The Morgan fingerprint density at radius 1 is 1.21 bits per heavy atom. The maximum Gasteiger partial charge on any atom is 0.522 e. The third-order valence-corrected chi connectivity index (χ3v) is 7.44. The number of rotatable bonds is 5. The quantitative estimate of drug-likeness (QED) is 0.236. The number of aliphatic hydroxyl groups is 1. The van der Waals surface area contributed by atoms with E-state index in [4.69, 9.17) is 4.74 Å². The van der Waals surface area contributed by atoms with Crippen LogP contribution in [0.4, 0.5) is 16.2 Å². The van der Waals surface area contributed by atoms with E-state index in [1.54, 1.807) is 26.8 Å². The Labute approximate surface area is 226 Å². The lowest BCUT2D eigenvalue weighted by molar-refractivity contribution is -0.120. The molecule has 1 atom stereocenters. The van der Waals surface area contributed by atoms with Crippen molar-refractivity contribution in [1.29, 1.82) is 0 Å². The molecule has 0 saturated heterocycles. The molecule has 0 bridgehead atoms. The van der Waals surface area contributed by atoms with Crippen molar-refractivity contribution in [2.24, 2.45) is 10.3 Å². The molecule has 202 valence electrons. The number of hydrogen-bond donors (Lipinski definition) is 2. The van der Waals surface area contributed by atoms with Gasteiger partial charge in [-0.2, -0.15) is 9.19 Å². The predicted molar refractivity (Wildman–Crippen MR) is 151 cm³/mol. The smallest absolute Gasteiger partial charge is 0.522 e. The fraction of sp³-hybridized carbons (Fsp3) is 0.393.